The first-order valence-corrected chi connectivity index (χ1v) is 7.69. The Bertz CT molecular complexity index is 595. The molecular formula is C16H20BrNO3. The summed E-state index contributed by atoms with van der Waals surface area (Å²) in [6.07, 6.45) is 2.76. The van der Waals surface area contributed by atoms with E-state index in [0.29, 0.717) is 5.75 Å². The number of halogens is 1. The zero-order valence-corrected chi connectivity index (χ0v) is 14.1. The first-order valence-electron chi connectivity index (χ1n) is 6.90. The molecule has 0 aliphatic carbocycles. The number of ether oxygens (including phenoxy) is 2. The fourth-order valence-electron chi connectivity index (χ4n) is 2.16. The molecule has 5 heteroatoms. The van der Waals surface area contributed by atoms with Crippen molar-refractivity contribution in [3.8, 4) is 22.8 Å². The van der Waals surface area contributed by atoms with Crippen LogP contribution < -0.4 is 14.8 Å². The average molecular weight is 354 g/mol. The minimum Gasteiger partial charge on any atom is -0.493 e. The predicted octanol–water partition coefficient (Wildman–Crippen LogP) is 4.23. The van der Waals surface area contributed by atoms with Crippen LogP contribution in [0.2, 0.25) is 0 Å². The molecule has 0 unspecified atom stereocenters. The zero-order chi connectivity index (χ0) is 15.2. The SMILES string of the molecule is CCCNCc1cc(OC)c(OC)cc1-c1occc1Br. The fourth-order valence-corrected chi connectivity index (χ4v) is 2.58. The summed E-state index contributed by atoms with van der Waals surface area (Å²) in [5, 5.41) is 3.41. The second-order valence-electron chi connectivity index (χ2n) is 4.64. The zero-order valence-electron chi connectivity index (χ0n) is 12.5. The third kappa shape index (κ3) is 3.60. The van der Waals surface area contributed by atoms with Gasteiger partial charge in [0.2, 0.25) is 0 Å². The summed E-state index contributed by atoms with van der Waals surface area (Å²) in [5.41, 5.74) is 2.10. The minimum atomic E-state index is 0.690. The molecule has 0 aliphatic rings. The highest BCUT2D eigenvalue weighted by Gasteiger charge is 2.16. The highest BCUT2D eigenvalue weighted by atomic mass is 79.9. The van der Waals surface area contributed by atoms with Crippen molar-refractivity contribution in [3.05, 3.63) is 34.5 Å². The Morgan fingerprint density at radius 3 is 2.48 bits per heavy atom. The number of rotatable bonds is 7. The summed E-state index contributed by atoms with van der Waals surface area (Å²) in [4.78, 5) is 0. The molecular weight excluding hydrogens is 334 g/mol. The molecule has 0 amide bonds. The molecule has 0 spiro atoms. The second kappa shape index (κ2) is 7.52. The Morgan fingerprint density at radius 1 is 1.19 bits per heavy atom. The van der Waals surface area contributed by atoms with Gasteiger partial charge in [-0.3, -0.25) is 0 Å². The smallest absolute Gasteiger partial charge is 0.161 e. The average Bonchev–Trinajstić information content (AvgIpc) is 2.93. The van der Waals surface area contributed by atoms with Crippen LogP contribution in [-0.2, 0) is 6.54 Å². The van der Waals surface area contributed by atoms with E-state index in [0.717, 1.165) is 46.6 Å². The van der Waals surface area contributed by atoms with Crippen molar-refractivity contribution < 1.29 is 13.9 Å². The van der Waals surface area contributed by atoms with E-state index in [1.54, 1.807) is 20.5 Å². The van der Waals surface area contributed by atoms with Gasteiger partial charge in [-0.15, -0.1) is 0 Å². The predicted molar refractivity (Wildman–Crippen MR) is 86.9 cm³/mol. The summed E-state index contributed by atoms with van der Waals surface area (Å²) in [6, 6.07) is 5.83. The molecule has 0 aliphatic heterocycles. The molecule has 0 saturated carbocycles. The molecule has 2 aromatic rings. The van der Waals surface area contributed by atoms with E-state index in [1.165, 1.54) is 0 Å². The number of nitrogens with one attached hydrogen (secondary N) is 1. The third-order valence-corrected chi connectivity index (χ3v) is 3.84. The van der Waals surface area contributed by atoms with Gasteiger partial charge < -0.3 is 19.2 Å². The fraction of sp³-hybridized carbons (Fsp3) is 0.375. The quantitative estimate of drug-likeness (QED) is 0.756. The summed E-state index contributed by atoms with van der Waals surface area (Å²) >= 11 is 3.51. The first kappa shape index (κ1) is 15.9. The molecule has 4 nitrogen and oxygen atoms in total. The summed E-state index contributed by atoms with van der Waals surface area (Å²) < 4.78 is 17.3. The van der Waals surface area contributed by atoms with Crippen LogP contribution in [-0.4, -0.2) is 20.8 Å². The third-order valence-electron chi connectivity index (χ3n) is 3.21. The van der Waals surface area contributed by atoms with Crippen molar-refractivity contribution in [3.63, 3.8) is 0 Å². The van der Waals surface area contributed by atoms with Crippen molar-refractivity contribution in [2.45, 2.75) is 19.9 Å². The van der Waals surface area contributed by atoms with Crippen molar-refractivity contribution >= 4 is 15.9 Å². The van der Waals surface area contributed by atoms with Gasteiger partial charge >= 0.3 is 0 Å². The van der Waals surface area contributed by atoms with E-state index in [1.807, 2.05) is 18.2 Å². The van der Waals surface area contributed by atoms with Gasteiger partial charge in [-0.05, 0) is 52.7 Å². The molecule has 1 N–H and O–H groups in total. The lowest BCUT2D eigenvalue weighted by molar-refractivity contribution is 0.354. The maximum absolute atomic E-state index is 5.60. The second-order valence-corrected chi connectivity index (χ2v) is 5.49. The first-order chi connectivity index (χ1) is 10.2. The molecule has 114 valence electrons. The minimum absolute atomic E-state index is 0.690. The van der Waals surface area contributed by atoms with Crippen molar-refractivity contribution in [2.75, 3.05) is 20.8 Å². The van der Waals surface area contributed by atoms with Crippen LogP contribution in [0, 0.1) is 0 Å². The molecule has 1 heterocycles. The van der Waals surface area contributed by atoms with Gasteiger partial charge in [0, 0.05) is 12.1 Å². The number of benzene rings is 1. The Kier molecular flexibility index (Phi) is 5.70. The van der Waals surface area contributed by atoms with Gasteiger partial charge in [-0.2, -0.15) is 0 Å². The highest BCUT2D eigenvalue weighted by Crippen LogP contribution is 2.38. The lowest BCUT2D eigenvalue weighted by atomic mass is 10.0. The van der Waals surface area contributed by atoms with Gasteiger partial charge in [0.05, 0.1) is 25.0 Å². The molecule has 0 saturated heterocycles. The van der Waals surface area contributed by atoms with Gasteiger partial charge in [0.15, 0.2) is 11.5 Å². The van der Waals surface area contributed by atoms with Crippen LogP contribution in [0.4, 0.5) is 0 Å². The largest absolute Gasteiger partial charge is 0.493 e. The normalized spacial score (nSPS) is 10.7. The van der Waals surface area contributed by atoms with E-state index in [2.05, 4.69) is 28.2 Å². The number of hydrogen-bond acceptors (Lipinski definition) is 4. The van der Waals surface area contributed by atoms with Crippen LogP contribution >= 0.6 is 15.9 Å². The molecule has 0 radical (unpaired) electrons. The molecule has 0 bridgehead atoms. The topological polar surface area (TPSA) is 43.6 Å². The van der Waals surface area contributed by atoms with E-state index in [4.69, 9.17) is 13.9 Å². The maximum Gasteiger partial charge on any atom is 0.161 e. The van der Waals surface area contributed by atoms with Crippen LogP contribution in [0.25, 0.3) is 11.3 Å². The van der Waals surface area contributed by atoms with Crippen molar-refractivity contribution in [2.24, 2.45) is 0 Å². The molecule has 0 atom stereocenters. The summed E-state index contributed by atoms with van der Waals surface area (Å²) in [7, 11) is 3.28. The summed E-state index contributed by atoms with van der Waals surface area (Å²) in [5.74, 6) is 2.21. The van der Waals surface area contributed by atoms with Crippen molar-refractivity contribution in [1.82, 2.24) is 5.32 Å². The van der Waals surface area contributed by atoms with Crippen LogP contribution in [0.1, 0.15) is 18.9 Å². The Balaban J connectivity index is 2.46. The van der Waals surface area contributed by atoms with E-state index in [-0.39, 0.29) is 0 Å². The van der Waals surface area contributed by atoms with E-state index in [9.17, 15) is 0 Å². The number of hydrogen-bond donors (Lipinski definition) is 1. The van der Waals surface area contributed by atoms with E-state index < -0.39 is 0 Å². The van der Waals surface area contributed by atoms with Crippen molar-refractivity contribution in [1.29, 1.82) is 0 Å². The van der Waals surface area contributed by atoms with Gasteiger partial charge in [0.1, 0.15) is 5.76 Å². The lowest BCUT2D eigenvalue weighted by Crippen LogP contribution is -2.14. The van der Waals surface area contributed by atoms with E-state index >= 15 is 0 Å². The van der Waals surface area contributed by atoms with Crippen LogP contribution in [0.5, 0.6) is 11.5 Å². The van der Waals surface area contributed by atoms with Gasteiger partial charge in [-0.25, -0.2) is 0 Å². The van der Waals surface area contributed by atoms with Crippen LogP contribution in [0.3, 0.4) is 0 Å². The highest BCUT2D eigenvalue weighted by molar-refractivity contribution is 9.10. The molecule has 1 aromatic heterocycles. The Hall–Kier alpha value is -1.46. The standard InChI is InChI=1S/C16H20BrNO3/c1-4-6-18-10-11-8-14(19-2)15(20-3)9-12(11)16-13(17)5-7-21-16/h5,7-9,18H,4,6,10H2,1-3H3. The van der Waals surface area contributed by atoms with Crippen LogP contribution in [0.15, 0.2) is 33.4 Å². The monoisotopic (exact) mass is 353 g/mol. The Labute approximate surface area is 133 Å². The van der Waals surface area contributed by atoms with Gasteiger partial charge in [0.25, 0.3) is 0 Å². The lowest BCUT2D eigenvalue weighted by Gasteiger charge is -2.14. The maximum atomic E-state index is 5.60. The molecule has 2 rings (SSSR count). The molecule has 21 heavy (non-hydrogen) atoms. The molecule has 0 fully saturated rings. The number of methoxy groups -OCH3 is 2. The van der Waals surface area contributed by atoms with Gasteiger partial charge in [-0.1, -0.05) is 6.92 Å². The Morgan fingerprint density at radius 2 is 1.90 bits per heavy atom. The molecule has 1 aromatic carbocycles. The number of furan rings is 1. The summed E-state index contributed by atoms with van der Waals surface area (Å²) in [6.45, 7) is 3.86.